The number of hydrogen-bond acceptors (Lipinski definition) is 19. The molecule has 3 saturated heterocycles. The van der Waals surface area contributed by atoms with Gasteiger partial charge in [0.25, 0.3) is 0 Å². The van der Waals surface area contributed by atoms with Crippen LogP contribution < -0.4 is 5.73 Å². The molecule has 0 bridgehead atoms. The molecule has 0 aromatic heterocycles. The molecular weight excluding hydrogens is 590 g/mol. The van der Waals surface area contributed by atoms with Gasteiger partial charge in [-0.1, -0.05) is 0 Å². The summed E-state index contributed by atoms with van der Waals surface area (Å²) in [5.41, 5.74) is 5.32. The van der Waals surface area contributed by atoms with Gasteiger partial charge >= 0.3 is 0 Å². The van der Waals surface area contributed by atoms with Crippen molar-refractivity contribution in [3.63, 3.8) is 0 Å². The van der Waals surface area contributed by atoms with E-state index in [4.69, 9.17) is 43.6 Å². The summed E-state index contributed by atoms with van der Waals surface area (Å²) in [7, 11) is 0. The van der Waals surface area contributed by atoms with Crippen molar-refractivity contribution in [3.05, 3.63) is 0 Å². The first-order valence-corrected chi connectivity index (χ1v) is 13.9. The predicted molar refractivity (Wildman–Crippen MR) is 136 cm³/mol. The zero-order valence-corrected chi connectivity index (χ0v) is 23.3. The van der Waals surface area contributed by atoms with Crippen LogP contribution in [-0.4, -0.2) is 203 Å². The van der Waals surface area contributed by atoms with Crippen molar-refractivity contribution in [3.8, 4) is 0 Å². The monoisotopic (exact) mass is 635 g/mol. The molecule has 0 aromatic rings. The Morgan fingerprint density at radius 1 is 0.465 bits per heavy atom. The van der Waals surface area contributed by atoms with E-state index in [9.17, 15) is 51.1 Å². The third-order valence-corrected chi connectivity index (χ3v) is 7.22. The van der Waals surface area contributed by atoms with E-state index in [1.54, 1.807) is 0 Å². The van der Waals surface area contributed by atoms with Crippen LogP contribution in [0.2, 0.25) is 0 Å². The lowest BCUT2D eigenvalue weighted by molar-refractivity contribution is -0.379. The van der Waals surface area contributed by atoms with Gasteiger partial charge in [0.1, 0.15) is 73.2 Å². The number of nitrogens with two attached hydrogens (primary N) is 1. The van der Waals surface area contributed by atoms with Gasteiger partial charge in [0.2, 0.25) is 0 Å². The van der Waals surface area contributed by atoms with E-state index in [1.165, 1.54) is 0 Å². The maximum Gasteiger partial charge on any atom is 0.187 e. The van der Waals surface area contributed by atoms with Crippen LogP contribution in [0.5, 0.6) is 0 Å². The molecular formula is C24H45NO18. The lowest BCUT2D eigenvalue weighted by atomic mass is 9.96. The summed E-state index contributed by atoms with van der Waals surface area (Å²) in [6.45, 7) is -0.851. The Hall–Kier alpha value is -0.760. The Balaban J connectivity index is 1.57. The van der Waals surface area contributed by atoms with Gasteiger partial charge in [-0.15, -0.1) is 0 Å². The van der Waals surface area contributed by atoms with Crippen molar-refractivity contribution >= 4 is 0 Å². The molecule has 254 valence electrons. The molecule has 3 fully saturated rings. The zero-order valence-electron chi connectivity index (χ0n) is 23.3. The fourth-order valence-corrected chi connectivity index (χ4v) is 4.81. The van der Waals surface area contributed by atoms with Gasteiger partial charge in [-0.25, -0.2) is 0 Å². The van der Waals surface area contributed by atoms with Gasteiger partial charge < -0.3 is 94.7 Å². The van der Waals surface area contributed by atoms with Crippen molar-refractivity contribution in [2.24, 2.45) is 5.73 Å². The highest BCUT2D eigenvalue weighted by atomic mass is 16.8. The Kier molecular flexibility index (Phi) is 15.2. The van der Waals surface area contributed by atoms with E-state index in [0.29, 0.717) is 19.8 Å². The molecule has 0 saturated carbocycles. The quantitative estimate of drug-likeness (QED) is 0.0702. The largest absolute Gasteiger partial charge is 0.394 e. The van der Waals surface area contributed by atoms with Crippen LogP contribution in [0.1, 0.15) is 0 Å². The Labute approximate surface area is 246 Å². The maximum absolute atomic E-state index is 10.8. The lowest BCUT2D eigenvalue weighted by Crippen LogP contribution is -2.66. The minimum absolute atomic E-state index is 0.0420. The van der Waals surface area contributed by atoms with Crippen molar-refractivity contribution in [1.29, 1.82) is 0 Å². The SMILES string of the molecule is NCCOCCOCCO[C@@H]1O[C@H](CO)[C@@H](O[C@@H]2O[C@H](CO)[C@H](O[C@H]3O[C@H](CO)[C@H](O)[C@H](O)[C@H]3O)[C@H](O)[C@H]2O)[C@H](O)[C@H]1O. The molecule has 0 spiro atoms. The van der Waals surface area contributed by atoms with Crippen LogP contribution in [0.15, 0.2) is 0 Å². The first-order valence-electron chi connectivity index (χ1n) is 13.9. The fraction of sp³-hybridized carbons (Fsp3) is 1.00. The molecule has 43 heavy (non-hydrogen) atoms. The molecule has 12 N–H and O–H groups in total. The van der Waals surface area contributed by atoms with E-state index < -0.39 is 112 Å². The van der Waals surface area contributed by atoms with Crippen LogP contribution in [0, 0.1) is 0 Å². The predicted octanol–water partition coefficient (Wildman–Crippen LogP) is -7.56. The molecule has 19 nitrogen and oxygen atoms in total. The second kappa shape index (κ2) is 17.8. The van der Waals surface area contributed by atoms with Crippen LogP contribution in [-0.2, 0) is 37.9 Å². The van der Waals surface area contributed by atoms with Gasteiger partial charge in [-0.05, 0) is 0 Å². The van der Waals surface area contributed by atoms with Crippen LogP contribution >= 0.6 is 0 Å². The van der Waals surface area contributed by atoms with Crippen molar-refractivity contribution in [1.82, 2.24) is 0 Å². The lowest BCUT2D eigenvalue weighted by Gasteiger charge is -2.48. The molecule has 15 atom stereocenters. The maximum atomic E-state index is 10.8. The highest BCUT2D eigenvalue weighted by Gasteiger charge is 2.53. The van der Waals surface area contributed by atoms with E-state index in [2.05, 4.69) is 0 Å². The highest BCUT2D eigenvalue weighted by Crippen LogP contribution is 2.32. The number of aliphatic hydroxyl groups is 10. The van der Waals surface area contributed by atoms with E-state index in [-0.39, 0.29) is 19.8 Å². The standard InChI is InChI=1S/C24H45NO18/c25-1-2-36-3-4-37-5-6-38-22-18(34)15(31)20(11(8-27)40-22)43-24-19(35)16(32)21(12(9-28)41-24)42-23-17(33)14(30)13(29)10(7-26)39-23/h10-24,26-35H,1-9,25H2/t10-,11-,12-,13+,14+,15-,16-,17-,18-,19-,20-,21+,22-,23-,24+/m1/s1. The van der Waals surface area contributed by atoms with Gasteiger partial charge in [0, 0.05) is 6.54 Å². The summed E-state index contributed by atoms with van der Waals surface area (Å²) in [6, 6.07) is 0. The van der Waals surface area contributed by atoms with Gasteiger partial charge in [0.15, 0.2) is 18.9 Å². The molecule has 3 aliphatic rings. The summed E-state index contributed by atoms with van der Waals surface area (Å²) in [5.74, 6) is 0. The number of ether oxygens (including phenoxy) is 8. The minimum Gasteiger partial charge on any atom is -0.394 e. The average molecular weight is 636 g/mol. The summed E-state index contributed by atoms with van der Waals surface area (Å²) < 4.78 is 43.3. The number of hydrogen-bond donors (Lipinski definition) is 11. The molecule has 19 heteroatoms. The van der Waals surface area contributed by atoms with Crippen molar-refractivity contribution in [2.75, 3.05) is 59.4 Å². The third-order valence-electron chi connectivity index (χ3n) is 7.22. The van der Waals surface area contributed by atoms with Crippen LogP contribution in [0.25, 0.3) is 0 Å². The fourth-order valence-electron chi connectivity index (χ4n) is 4.81. The van der Waals surface area contributed by atoms with Crippen LogP contribution in [0.3, 0.4) is 0 Å². The summed E-state index contributed by atoms with van der Waals surface area (Å²) in [6.07, 6.45) is -24.5. The number of aliphatic hydroxyl groups excluding tert-OH is 10. The second-order valence-corrected chi connectivity index (χ2v) is 10.2. The summed E-state index contributed by atoms with van der Waals surface area (Å²) >= 11 is 0. The Morgan fingerprint density at radius 2 is 0.884 bits per heavy atom. The normalized spacial score (nSPS) is 44.0. The molecule has 0 unspecified atom stereocenters. The van der Waals surface area contributed by atoms with Gasteiger partial charge in [-0.3, -0.25) is 0 Å². The Bertz CT molecular complexity index is 781. The van der Waals surface area contributed by atoms with E-state index >= 15 is 0 Å². The number of rotatable bonds is 16. The molecule has 0 aromatic carbocycles. The summed E-state index contributed by atoms with van der Waals surface area (Å²) in [4.78, 5) is 0. The molecule has 0 radical (unpaired) electrons. The smallest absolute Gasteiger partial charge is 0.187 e. The minimum atomic E-state index is -1.92. The average Bonchev–Trinajstić information content (AvgIpc) is 3.01. The summed E-state index contributed by atoms with van der Waals surface area (Å²) in [5, 5.41) is 102. The molecule has 3 heterocycles. The molecule has 0 amide bonds. The van der Waals surface area contributed by atoms with Crippen molar-refractivity contribution < 1.29 is 89.0 Å². The van der Waals surface area contributed by atoms with Gasteiger partial charge in [-0.2, -0.15) is 0 Å². The molecule has 3 aliphatic heterocycles. The van der Waals surface area contributed by atoms with E-state index in [0.717, 1.165) is 0 Å². The first-order chi connectivity index (χ1) is 20.6. The van der Waals surface area contributed by atoms with Crippen molar-refractivity contribution in [2.45, 2.75) is 92.1 Å². The molecule has 0 aliphatic carbocycles. The highest BCUT2D eigenvalue weighted by molar-refractivity contribution is 4.96. The zero-order chi connectivity index (χ0) is 31.7. The topological polar surface area (TPSA) is 302 Å². The van der Waals surface area contributed by atoms with Crippen LogP contribution in [0.4, 0.5) is 0 Å². The third kappa shape index (κ3) is 9.16. The molecule has 3 rings (SSSR count). The van der Waals surface area contributed by atoms with Gasteiger partial charge in [0.05, 0.1) is 52.9 Å². The van der Waals surface area contributed by atoms with E-state index in [1.807, 2.05) is 0 Å². The Morgan fingerprint density at radius 3 is 1.40 bits per heavy atom. The first kappa shape index (κ1) is 36.7. The second-order valence-electron chi connectivity index (χ2n) is 10.2.